The minimum atomic E-state index is -0.831. The second-order valence-electron chi connectivity index (χ2n) is 5.20. The molecule has 2 N–H and O–H groups in total. The van der Waals surface area contributed by atoms with Crippen molar-refractivity contribution in [1.82, 2.24) is 10.9 Å². The Morgan fingerprint density at radius 3 is 2.54 bits per heavy atom. The maximum Gasteiger partial charge on any atom is 0.349 e. The highest BCUT2D eigenvalue weighted by atomic mass is 16.5. The molecule has 0 radical (unpaired) electrons. The second-order valence-corrected chi connectivity index (χ2v) is 5.20. The normalized spacial score (nSPS) is 9.88. The van der Waals surface area contributed by atoms with E-state index < -0.39 is 7.41 Å². The number of amides is 1. The first-order valence-corrected chi connectivity index (χ1v) is 7.56. The zero-order valence-corrected chi connectivity index (χ0v) is 13.9. The molecule has 124 valence electrons. The molecule has 0 aliphatic carbocycles. The molecule has 0 bridgehead atoms. The molecule has 7 nitrogen and oxygen atoms in total. The summed E-state index contributed by atoms with van der Waals surface area (Å²) in [5.74, 6) is 3.21. The van der Waals surface area contributed by atoms with Gasteiger partial charge in [0.15, 0.2) is 11.5 Å². The second kappa shape index (κ2) is 8.55. The monoisotopic (exact) mass is 326 g/mol. The Labute approximate surface area is 141 Å². The fourth-order valence-corrected chi connectivity index (χ4v) is 2.21. The van der Waals surface area contributed by atoms with Crippen LogP contribution < -0.4 is 24.8 Å². The van der Waals surface area contributed by atoms with E-state index in [0.717, 1.165) is 5.56 Å². The SMILES string of the molecule is COc1ccc(CNNC(=O)c2cc[n+]([BH2-]C#N)cc2)cc1OC. The molecule has 0 aliphatic rings. The molecular formula is C16H19BN4O3. The lowest BCUT2D eigenvalue weighted by atomic mass is 9.98. The van der Waals surface area contributed by atoms with E-state index in [2.05, 4.69) is 16.8 Å². The Morgan fingerprint density at radius 1 is 1.21 bits per heavy atom. The van der Waals surface area contributed by atoms with E-state index in [1.807, 2.05) is 22.7 Å². The third-order valence-electron chi connectivity index (χ3n) is 3.54. The number of carbonyl (C=O) groups is 1. The van der Waals surface area contributed by atoms with E-state index in [1.54, 1.807) is 38.7 Å². The molecule has 8 heteroatoms. The number of nitrogens with one attached hydrogen (secondary N) is 2. The smallest absolute Gasteiger partial charge is 0.349 e. The van der Waals surface area contributed by atoms with Crippen LogP contribution in [0.2, 0.25) is 0 Å². The number of benzene rings is 1. The summed E-state index contributed by atoms with van der Waals surface area (Å²) < 4.78 is 12.2. The number of nitrogens with zero attached hydrogens (tertiary/aromatic N) is 2. The zero-order valence-electron chi connectivity index (χ0n) is 13.9. The topological polar surface area (TPSA) is 87.3 Å². The molecule has 1 aromatic heterocycles. The van der Waals surface area contributed by atoms with Gasteiger partial charge < -0.3 is 14.0 Å². The zero-order chi connectivity index (χ0) is 17.4. The van der Waals surface area contributed by atoms with E-state index in [9.17, 15) is 4.79 Å². The van der Waals surface area contributed by atoms with Crippen molar-refractivity contribution in [3.8, 4) is 17.5 Å². The van der Waals surface area contributed by atoms with Crippen molar-refractivity contribution in [2.24, 2.45) is 0 Å². The molecule has 24 heavy (non-hydrogen) atoms. The molecule has 2 rings (SSSR count). The van der Waals surface area contributed by atoms with Crippen LogP contribution in [0.5, 0.6) is 11.5 Å². The summed E-state index contributed by atoms with van der Waals surface area (Å²) in [5.41, 5.74) is 6.99. The van der Waals surface area contributed by atoms with Gasteiger partial charge in [0.25, 0.3) is 5.91 Å². The van der Waals surface area contributed by atoms with Crippen molar-refractivity contribution in [3.05, 3.63) is 53.9 Å². The van der Waals surface area contributed by atoms with Crippen molar-refractivity contribution >= 4 is 13.3 Å². The van der Waals surface area contributed by atoms with Gasteiger partial charge in [-0.2, -0.15) is 0 Å². The summed E-state index contributed by atoms with van der Waals surface area (Å²) in [6.07, 6.45) is 3.49. The van der Waals surface area contributed by atoms with Crippen LogP contribution in [0.1, 0.15) is 15.9 Å². The standard InChI is InChI=1S/C16H19BN4O3/c1-23-14-4-3-12(9-15(14)24-2)10-19-20-16(22)13-5-7-21(8-6-13)17-11-18/h3-9,19H,10,17H2,1-2H3,(H,20,22). The fraction of sp³-hybridized carbons (Fsp3) is 0.188. The average Bonchev–Trinajstić information content (AvgIpc) is 2.62. The van der Waals surface area contributed by atoms with Crippen molar-refractivity contribution in [1.29, 1.82) is 5.26 Å². The summed E-state index contributed by atoms with van der Waals surface area (Å²) in [6, 6.07) is 8.92. The molecule has 0 aliphatic heterocycles. The third-order valence-corrected chi connectivity index (χ3v) is 3.54. The number of ether oxygens (including phenoxy) is 2. The lowest BCUT2D eigenvalue weighted by Gasteiger charge is -2.11. The Hall–Kier alpha value is -3.05. The predicted octanol–water partition coefficient (Wildman–Crippen LogP) is -0.161. The molecule has 1 heterocycles. The first kappa shape index (κ1) is 17.3. The van der Waals surface area contributed by atoms with Crippen LogP contribution in [0.3, 0.4) is 0 Å². The summed E-state index contributed by atoms with van der Waals surface area (Å²) >= 11 is 0. The number of hydrogen-bond acceptors (Lipinski definition) is 5. The Morgan fingerprint density at radius 2 is 1.92 bits per heavy atom. The van der Waals surface area contributed by atoms with Gasteiger partial charge >= 0.3 is 7.41 Å². The molecular weight excluding hydrogens is 307 g/mol. The lowest BCUT2D eigenvalue weighted by Crippen LogP contribution is -2.40. The van der Waals surface area contributed by atoms with Crippen molar-refractivity contribution in [2.45, 2.75) is 6.54 Å². The van der Waals surface area contributed by atoms with Gasteiger partial charge in [-0.3, -0.25) is 10.2 Å². The highest BCUT2D eigenvalue weighted by Crippen LogP contribution is 2.27. The van der Waals surface area contributed by atoms with Crippen LogP contribution in [-0.2, 0) is 6.54 Å². The molecule has 1 amide bonds. The number of hydrogen-bond donors (Lipinski definition) is 2. The number of pyridine rings is 1. The van der Waals surface area contributed by atoms with Gasteiger partial charge in [-0.05, 0) is 17.7 Å². The van der Waals surface area contributed by atoms with Gasteiger partial charge in [0.05, 0.1) is 19.8 Å². The predicted molar refractivity (Wildman–Crippen MR) is 90.0 cm³/mol. The van der Waals surface area contributed by atoms with Crippen molar-refractivity contribution < 1.29 is 18.7 Å². The molecule has 0 spiro atoms. The first-order valence-electron chi connectivity index (χ1n) is 7.56. The molecule has 0 atom stereocenters. The Kier molecular flexibility index (Phi) is 6.17. The van der Waals surface area contributed by atoms with E-state index in [1.165, 1.54) is 0 Å². The number of nitriles is 1. The fourth-order valence-electron chi connectivity index (χ4n) is 2.21. The van der Waals surface area contributed by atoms with Gasteiger partial charge in [-0.1, -0.05) is 12.0 Å². The van der Waals surface area contributed by atoms with Crippen LogP contribution in [0, 0.1) is 11.2 Å². The van der Waals surface area contributed by atoms with Gasteiger partial charge in [0.2, 0.25) is 0 Å². The van der Waals surface area contributed by atoms with Crippen LogP contribution in [0.4, 0.5) is 0 Å². The van der Waals surface area contributed by atoms with Crippen molar-refractivity contribution in [3.63, 3.8) is 0 Å². The van der Waals surface area contributed by atoms with Gasteiger partial charge in [-0.25, -0.2) is 10.7 Å². The average molecular weight is 326 g/mol. The number of hydrazine groups is 1. The molecule has 0 unspecified atom stereocenters. The summed E-state index contributed by atoms with van der Waals surface area (Å²) in [4.78, 5) is 12.0. The quantitative estimate of drug-likeness (QED) is 0.545. The molecule has 0 saturated carbocycles. The summed E-state index contributed by atoms with van der Waals surface area (Å²) in [5, 5.41) is 8.67. The van der Waals surface area contributed by atoms with Crippen LogP contribution >= 0.6 is 0 Å². The maximum absolute atomic E-state index is 12.0. The number of aromatic nitrogens is 1. The van der Waals surface area contributed by atoms with Crippen LogP contribution in [0.15, 0.2) is 42.7 Å². The van der Waals surface area contributed by atoms with Crippen LogP contribution in [-0.4, -0.2) is 27.5 Å². The first-order chi connectivity index (χ1) is 11.7. The summed E-state index contributed by atoms with van der Waals surface area (Å²) in [7, 11) is 2.33. The largest absolute Gasteiger partial charge is 0.493 e. The molecule has 1 aromatic carbocycles. The highest BCUT2D eigenvalue weighted by molar-refractivity contribution is 6.35. The van der Waals surface area contributed by atoms with E-state index >= 15 is 0 Å². The van der Waals surface area contributed by atoms with Gasteiger partial charge in [0.1, 0.15) is 12.4 Å². The molecule has 0 saturated heterocycles. The third kappa shape index (κ3) is 4.47. The Bertz CT molecular complexity index is 744. The van der Waals surface area contributed by atoms with E-state index in [-0.39, 0.29) is 5.91 Å². The molecule has 0 fully saturated rings. The lowest BCUT2D eigenvalue weighted by molar-refractivity contribution is -0.527. The highest BCUT2D eigenvalue weighted by Gasteiger charge is 2.07. The number of methoxy groups -OCH3 is 2. The Balaban J connectivity index is 1.89. The van der Waals surface area contributed by atoms with Crippen molar-refractivity contribution in [2.75, 3.05) is 14.2 Å². The maximum atomic E-state index is 12.0. The van der Waals surface area contributed by atoms with Gasteiger partial charge in [-0.15, -0.1) is 0 Å². The molecule has 2 aromatic rings. The van der Waals surface area contributed by atoms with Gasteiger partial charge in [0, 0.05) is 18.7 Å². The van der Waals surface area contributed by atoms with Crippen LogP contribution in [0.25, 0.3) is 0 Å². The number of carbonyl (C=O) groups excluding carboxylic acids is 1. The summed E-state index contributed by atoms with van der Waals surface area (Å²) in [6.45, 7) is 0.444. The minimum absolute atomic E-state index is 0.236. The van der Waals surface area contributed by atoms with E-state index in [0.29, 0.717) is 23.6 Å². The van der Waals surface area contributed by atoms with E-state index in [4.69, 9.17) is 14.7 Å². The number of rotatable bonds is 7. The minimum Gasteiger partial charge on any atom is -0.493 e.